The highest BCUT2D eigenvalue weighted by molar-refractivity contribution is 5.94. The van der Waals surface area contributed by atoms with Crippen LogP contribution in [0.15, 0.2) is 30.3 Å². The van der Waals surface area contributed by atoms with E-state index in [4.69, 9.17) is 9.84 Å². The zero-order chi connectivity index (χ0) is 15.0. The molecule has 1 unspecified atom stereocenters. The summed E-state index contributed by atoms with van der Waals surface area (Å²) in [5.41, 5.74) is 1.26. The largest absolute Gasteiger partial charge is 0.478 e. The number of carboxylic acid groups (broad SMARTS) is 1. The molecule has 1 atom stereocenters. The minimum absolute atomic E-state index is 0.0611. The van der Waals surface area contributed by atoms with Crippen molar-refractivity contribution in [3.05, 3.63) is 41.5 Å². The number of amides is 1. The number of aliphatic carboxylic acids is 1. The van der Waals surface area contributed by atoms with Crippen molar-refractivity contribution in [3.8, 4) is 0 Å². The van der Waals surface area contributed by atoms with Gasteiger partial charge in [0.2, 0.25) is 0 Å². The van der Waals surface area contributed by atoms with Crippen molar-refractivity contribution < 1.29 is 19.4 Å². The number of carboxylic acids is 1. The standard InChI is InChI=1S/C15H19NO4/c1-3-20-10-11(2)16-15(19)13-7-4-12(5-8-13)6-9-14(17)18/h4-9,11H,3,10H2,1-2H3,(H,16,19)(H,17,18). The van der Waals surface area contributed by atoms with E-state index in [1.807, 2.05) is 13.8 Å². The van der Waals surface area contributed by atoms with Gasteiger partial charge in [0.05, 0.1) is 6.61 Å². The van der Waals surface area contributed by atoms with Gasteiger partial charge in [-0.15, -0.1) is 0 Å². The third kappa shape index (κ3) is 5.67. The number of hydrogen-bond acceptors (Lipinski definition) is 3. The molecule has 20 heavy (non-hydrogen) atoms. The number of carbonyl (C=O) groups excluding carboxylic acids is 1. The monoisotopic (exact) mass is 277 g/mol. The van der Waals surface area contributed by atoms with Crippen molar-refractivity contribution in [2.24, 2.45) is 0 Å². The molecule has 5 nitrogen and oxygen atoms in total. The molecule has 0 aromatic heterocycles. The van der Waals surface area contributed by atoms with E-state index in [9.17, 15) is 9.59 Å². The minimum atomic E-state index is -1.00. The van der Waals surface area contributed by atoms with Gasteiger partial charge in [-0.3, -0.25) is 4.79 Å². The van der Waals surface area contributed by atoms with Crippen molar-refractivity contribution in [1.82, 2.24) is 5.32 Å². The Kier molecular flexibility index (Phi) is 6.46. The Hall–Kier alpha value is -2.14. The molecule has 0 saturated heterocycles. The van der Waals surface area contributed by atoms with Crippen LogP contribution in [0.1, 0.15) is 29.8 Å². The number of hydrogen-bond donors (Lipinski definition) is 2. The SMILES string of the molecule is CCOCC(C)NC(=O)c1ccc(C=CC(=O)O)cc1. The second kappa shape index (κ2) is 8.12. The lowest BCUT2D eigenvalue weighted by molar-refractivity contribution is -0.131. The second-order valence-corrected chi connectivity index (χ2v) is 4.33. The molecule has 1 aromatic carbocycles. The quantitative estimate of drug-likeness (QED) is 0.747. The van der Waals surface area contributed by atoms with Crippen molar-refractivity contribution in [2.75, 3.05) is 13.2 Å². The van der Waals surface area contributed by atoms with E-state index < -0.39 is 5.97 Å². The van der Waals surface area contributed by atoms with Gasteiger partial charge in [-0.25, -0.2) is 4.79 Å². The minimum Gasteiger partial charge on any atom is -0.478 e. The van der Waals surface area contributed by atoms with Crippen LogP contribution in [0.5, 0.6) is 0 Å². The first-order chi connectivity index (χ1) is 9.52. The average Bonchev–Trinajstić information content (AvgIpc) is 2.43. The molecule has 0 heterocycles. The summed E-state index contributed by atoms with van der Waals surface area (Å²) in [6.07, 6.45) is 2.53. The molecule has 0 radical (unpaired) electrons. The Labute approximate surface area is 118 Å². The van der Waals surface area contributed by atoms with Gasteiger partial charge < -0.3 is 15.2 Å². The summed E-state index contributed by atoms with van der Waals surface area (Å²) in [4.78, 5) is 22.3. The number of rotatable bonds is 7. The first-order valence-corrected chi connectivity index (χ1v) is 6.42. The first kappa shape index (κ1) is 15.9. The Morgan fingerprint density at radius 3 is 2.55 bits per heavy atom. The van der Waals surface area contributed by atoms with Gasteiger partial charge in [0.15, 0.2) is 0 Å². The summed E-state index contributed by atoms with van der Waals surface area (Å²) in [6.45, 7) is 4.86. The molecule has 0 saturated carbocycles. The lowest BCUT2D eigenvalue weighted by atomic mass is 10.1. The van der Waals surface area contributed by atoms with Crippen LogP contribution in [0.25, 0.3) is 6.08 Å². The fraction of sp³-hybridized carbons (Fsp3) is 0.333. The molecule has 0 fully saturated rings. The van der Waals surface area contributed by atoms with E-state index in [0.29, 0.717) is 18.8 Å². The van der Waals surface area contributed by atoms with Gasteiger partial charge in [0.25, 0.3) is 5.91 Å². The van der Waals surface area contributed by atoms with Crippen LogP contribution in [-0.4, -0.2) is 36.2 Å². The molecule has 0 bridgehead atoms. The van der Waals surface area contributed by atoms with Crippen LogP contribution in [0.4, 0.5) is 0 Å². The molecule has 5 heteroatoms. The van der Waals surface area contributed by atoms with Crippen LogP contribution in [0.2, 0.25) is 0 Å². The average molecular weight is 277 g/mol. The van der Waals surface area contributed by atoms with Gasteiger partial charge in [-0.05, 0) is 37.6 Å². The number of carbonyl (C=O) groups is 2. The number of benzene rings is 1. The smallest absolute Gasteiger partial charge is 0.328 e. The normalized spacial score (nSPS) is 12.3. The van der Waals surface area contributed by atoms with E-state index in [1.165, 1.54) is 6.08 Å². The third-order valence-electron chi connectivity index (χ3n) is 2.54. The highest BCUT2D eigenvalue weighted by Crippen LogP contribution is 2.06. The molecule has 0 spiro atoms. The molecule has 1 rings (SSSR count). The van der Waals surface area contributed by atoms with Crippen LogP contribution < -0.4 is 5.32 Å². The van der Waals surface area contributed by atoms with Gasteiger partial charge in [-0.1, -0.05) is 12.1 Å². The van der Waals surface area contributed by atoms with Crippen LogP contribution in [-0.2, 0) is 9.53 Å². The van der Waals surface area contributed by atoms with Gasteiger partial charge >= 0.3 is 5.97 Å². The van der Waals surface area contributed by atoms with Crippen molar-refractivity contribution in [2.45, 2.75) is 19.9 Å². The molecule has 0 aliphatic heterocycles. The fourth-order valence-electron chi connectivity index (χ4n) is 1.56. The summed E-state index contributed by atoms with van der Waals surface area (Å²) < 4.78 is 5.23. The van der Waals surface area contributed by atoms with Crippen LogP contribution in [0.3, 0.4) is 0 Å². The Morgan fingerprint density at radius 1 is 1.35 bits per heavy atom. The third-order valence-corrected chi connectivity index (χ3v) is 2.54. The Bertz CT molecular complexity index is 479. The second-order valence-electron chi connectivity index (χ2n) is 4.33. The Morgan fingerprint density at radius 2 is 2.00 bits per heavy atom. The van der Waals surface area contributed by atoms with E-state index in [2.05, 4.69) is 5.32 Å². The van der Waals surface area contributed by atoms with Gasteiger partial charge in [0, 0.05) is 24.3 Å². The maximum absolute atomic E-state index is 11.9. The molecule has 1 amide bonds. The maximum Gasteiger partial charge on any atom is 0.328 e. The predicted molar refractivity (Wildman–Crippen MR) is 76.5 cm³/mol. The summed E-state index contributed by atoms with van der Waals surface area (Å²) in [5.74, 6) is -1.18. The zero-order valence-corrected chi connectivity index (χ0v) is 11.6. The molecule has 1 aromatic rings. The van der Waals surface area contributed by atoms with Crippen molar-refractivity contribution in [3.63, 3.8) is 0 Å². The number of ether oxygens (including phenoxy) is 1. The maximum atomic E-state index is 11.9. The van der Waals surface area contributed by atoms with E-state index in [0.717, 1.165) is 11.6 Å². The molecular formula is C15H19NO4. The molecular weight excluding hydrogens is 258 g/mol. The molecule has 2 N–H and O–H groups in total. The summed E-state index contributed by atoms with van der Waals surface area (Å²) in [6, 6.07) is 6.64. The topological polar surface area (TPSA) is 75.6 Å². The van der Waals surface area contributed by atoms with Crippen LogP contribution in [0, 0.1) is 0 Å². The zero-order valence-electron chi connectivity index (χ0n) is 11.6. The Balaban J connectivity index is 2.59. The van der Waals surface area contributed by atoms with Gasteiger partial charge in [0.1, 0.15) is 0 Å². The first-order valence-electron chi connectivity index (χ1n) is 6.42. The van der Waals surface area contributed by atoms with Crippen LogP contribution >= 0.6 is 0 Å². The van der Waals surface area contributed by atoms with E-state index >= 15 is 0 Å². The molecule has 0 aliphatic carbocycles. The predicted octanol–water partition coefficient (Wildman–Crippen LogP) is 1.94. The lowest BCUT2D eigenvalue weighted by Gasteiger charge is -2.13. The lowest BCUT2D eigenvalue weighted by Crippen LogP contribution is -2.35. The summed E-state index contributed by atoms with van der Waals surface area (Å²) >= 11 is 0. The van der Waals surface area contributed by atoms with Crippen molar-refractivity contribution >= 4 is 18.0 Å². The molecule has 0 aliphatic rings. The highest BCUT2D eigenvalue weighted by atomic mass is 16.5. The van der Waals surface area contributed by atoms with Crippen molar-refractivity contribution in [1.29, 1.82) is 0 Å². The molecule has 108 valence electrons. The summed E-state index contributed by atoms with van der Waals surface area (Å²) in [7, 11) is 0. The van der Waals surface area contributed by atoms with Gasteiger partial charge in [-0.2, -0.15) is 0 Å². The number of nitrogens with one attached hydrogen (secondary N) is 1. The fourth-order valence-corrected chi connectivity index (χ4v) is 1.56. The van der Waals surface area contributed by atoms with E-state index in [1.54, 1.807) is 24.3 Å². The summed E-state index contributed by atoms with van der Waals surface area (Å²) in [5, 5.41) is 11.3. The van der Waals surface area contributed by atoms with E-state index in [-0.39, 0.29) is 11.9 Å². The highest BCUT2D eigenvalue weighted by Gasteiger charge is 2.09.